The van der Waals surface area contributed by atoms with Gasteiger partial charge in [0.1, 0.15) is 5.69 Å². The number of benzene rings is 2. The highest BCUT2D eigenvalue weighted by molar-refractivity contribution is 6.02. The van der Waals surface area contributed by atoms with Crippen molar-refractivity contribution >= 4 is 29.3 Å². The summed E-state index contributed by atoms with van der Waals surface area (Å²) in [6, 6.07) is 15.1. The molecule has 3 aromatic rings. The van der Waals surface area contributed by atoms with Crippen LogP contribution >= 0.6 is 0 Å². The number of amides is 1. The minimum absolute atomic E-state index is 0.141. The predicted molar refractivity (Wildman–Crippen MR) is 126 cm³/mol. The van der Waals surface area contributed by atoms with Gasteiger partial charge in [-0.1, -0.05) is 42.5 Å². The number of anilines is 1. The van der Waals surface area contributed by atoms with Crippen molar-refractivity contribution in [3.05, 3.63) is 88.2 Å². The third-order valence-corrected chi connectivity index (χ3v) is 5.22. The first-order valence-electron chi connectivity index (χ1n) is 10.8. The van der Waals surface area contributed by atoms with Crippen LogP contribution in [0, 0.1) is 13.8 Å². The van der Waals surface area contributed by atoms with Gasteiger partial charge in [0.2, 0.25) is 6.10 Å². The second-order valence-electron chi connectivity index (χ2n) is 7.67. The first-order valence-corrected chi connectivity index (χ1v) is 10.8. The molecule has 0 fully saturated rings. The van der Waals surface area contributed by atoms with E-state index in [-0.39, 0.29) is 23.6 Å². The third kappa shape index (κ3) is 5.40. The number of esters is 2. The lowest BCUT2D eigenvalue weighted by atomic mass is 10.1. The van der Waals surface area contributed by atoms with Crippen LogP contribution in [-0.2, 0) is 14.3 Å². The Morgan fingerprint density at radius 2 is 1.68 bits per heavy atom. The van der Waals surface area contributed by atoms with Crippen molar-refractivity contribution < 1.29 is 28.7 Å². The fourth-order valence-corrected chi connectivity index (χ4v) is 3.55. The summed E-state index contributed by atoms with van der Waals surface area (Å²) in [5.41, 5.74) is 2.43. The van der Waals surface area contributed by atoms with E-state index in [0.717, 1.165) is 0 Å². The summed E-state index contributed by atoms with van der Waals surface area (Å²) in [5, 5.41) is 2.71. The van der Waals surface area contributed by atoms with E-state index in [9.17, 15) is 19.2 Å². The maximum Gasteiger partial charge on any atom is 0.355 e. The Bertz CT molecular complexity index is 1230. The zero-order valence-corrected chi connectivity index (χ0v) is 19.4. The Kier molecular flexibility index (Phi) is 7.63. The molecule has 0 spiro atoms. The number of Topliss-reactive ketones (excluding diaryl/α,β-unsaturated/α-hetero) is 1. The van der Waals surface area contributed by atoms with Crippen LogP contribution in [0.1, 0.15) is 68.0 Å². The average Bonchev–Trinajstić information content (AvgIpc) is 3.12. The summed E-state index contributed by atoms with van der Waals surface area (Å²) < 4.78 is 10.7. The molecule has 2 N–H and O–H groups in total. The fraction of sp³-hybridized carbons (Fsp3) is 0.231. The lowest BCUT2D eigenvalue weighted by Crippen LogP contribution is -2.26. The molecule has 176 valence electrons. The summed E-state index contributed by atoms with van der Waals surface area (Å²) in [6.07, 6.45) is -1.27. The molecule has 1 aromatic heterocycles. The molecule has 1 atom stereocenters. The number of carbonyl (C=O) groups is 4. The van der Waals surface area contributed by atoms with Crippen LogP contribution in [0.4, 0.5) is 5.69 Å². The van der Waals surface area contributed by atoms with Crippen LogP contribution in [0.5, 0.6) is 0 Å². The molecular formula is C26H26N2O6. The van der Waals surface area contributed by atoms with Gasteiger partial charge in [0, 0.05) is 22.5 Å². The highest BCUT2D eigenvalue weighted by Crippen LogP contribution is 2.26. The monoisotopic (exact) mass is 462 g/mol. The van der Waals surface area contributed by atoms with Crippen molar-refractivity contribution in [2.45, 2.75) is 33.8 Å². The van der Waals surface area contributed by atoms with Gasteiger partial charge in [0.15, 0.2) is 5.78 Å². The van der Waals surface area contributed by atoms with E-state index >= 15 is 0 Å². The van der Waals surface area contributed by atoms with Gasteiger partial charge in [0.05, 0.1) is 12.2 Å². The highest BCUT2D eigenvalue weighted by Gasteiger charge is 2.30. The number of H-pyrrole nitrogens is 1. The molecule has 0 aliphatic rings. The number of ketones is 1. The Balaban J connectivity index is 1.90. The standard InChI is InChI=1S/C26H26N2O6/c1-5-33-26(32)22-15(2)21(16(3)27-22)25(31)34-23(18-10-7-6-8-11-18)24(30)28-20-13-9-12-19(14-20)17(4)29/h6-14,23,27H,5H2,1-4H3,(H,28,30). The van der Waals surface area contributed by atoms with E-state index in [4.69, 9.17) is 9.47 Å². The number of aromatic nitrogens is 1. The number of hydrogen-bond donors (Lipinski definition) is 2. The lowest BCUT2D eigenvalue weighted by Gasteiger charge is -2.18. The van der Waals surface area contributed by atoms with Crippen molar-refractivity contribution in [3.63, 3.8) is 0 Å². The third-order valence-electron chi connectivity index (χ3n) is 5.22. The lowest BCUT2D eigenvalue weighted by molar-refractivity contribution is -0.125. The molecular weight excluding hydrogens is 436 g/mol. The Morgan fingerprint density at radius 3 is 2.32 bits per heavy atom. The van der Waals surface area contributed by atoms with Crippen LogP contribution in [0.2, 0.25) is 0 Å². The molecule has 0 aliphatic heterocycles. The van der Waals surface area contributed by atoms with Gasteiger partial charge in [-0.3, -0.25) is 9.59 Å². The fourth-order valence-electron chi connectivity index (χ4n) is 3.55. The highest BCUT2D eigenvalue weighted by atomic mass is 16.5. The van der Waals surface area contributed by atoms with Gasteiger partial charge < -0.3 is 19.8 Å². The average molecular weight is 463 g/mol. The molecule has 0 saturated heterocycles. The zero-order chi connectivity index (χ0) is 24.8. The molecule has 34 heavy (non-hydrogen) atoms. The number of nitrogens with one attached hydrogen (secondary N) is 2. The van der Waals surface area contributed by atoms with Gasteiger partial charge in [-0.2, -0.15) is 0 Å². The van der Waals surface area contributed by atoms with Gasteiger partial charge in [-0.25, -0.2) is 9.59 Å². The quantitative estimate of drug-likeness (QED) is 0.375. The molecule has 1 unspecified atom stereocenters. The molecule has 1 heterocycles. The second kappa shape index (κ2) is 10.6. The van der Waals surface area contributed by atoms with E-state index < -0.39 is 23.9 Å². The number of rotatable bonds is 8. The molecule has 0 saturated carbocycles. The number of ether oxygens (including phenoxy) is 2. The molecule has 2 aromatic carbocycles. The largest absolute Gasteiger partial charge is 0.461 e. The number of aryl methyl sites for hydroxylation is 1. The van der Waals surface area contributed by atoms with Crippen LogP contribution in [0.15, 0.2) is 54.6 Å². The van der Waals surface area contributed by atoms with Crippen molar-refractivity contribution in [2.24, 2.45) is 0 Å². The minimum atomic E-state index is -1.27. The predicted octanol–water partition coefficient (Wildman–Crippen LogP) is 4.55. The van der Waals surface area contributed by atoms with Gasteiger partial charge in [0.25, 0.3) is 5.91 Å². The molecule has 8 heteroatoms. The summed E-state index contributed by atoms with van der Waals surface area (Å²) in [6.45, 7) is 6.56. The first kappa shape index (κ1) is 24.4. The zero-order valence-electron chi connectivity index (χ0n) is 19.4. The van der Waals surface area contributed by atoms with Crippen LogP contribution in [0.25, 0.3) is 0 Å². The smallest absolute Gasteiger partial charge is 0.355 e. The van der Waals surface area contributed by atoms with E-state index in [1.807, 2.05) is 0 Å². The van der Waals surface area contributed by atoms with Crippen LogP contribution in [-0.4, -0.2) is 35.2 Å². The number of carbonyl (C=O) groups excluding carboxylic acids is 4. The Hall–Kier alpha value is -4.20. The summed E-state index contributed by atoms with van der Waals surface area (Å²) in [5.74, 6) is -2.07. The molecule has 0 bridgehead atoms. The molecule has 0 aliphatic carbocycles. The maximum absolute atomic E-state index is 13.2. The minimum Gasteiger partial charge on any atom is -0.461 e. The van der Waals surface area contributed by atoms with E-state index in [2.05, 4.69) is 10.3 Å². The maximum atomic E-state index is 13.2. The normalized spacial score (nSPS) is 11.4. The summed E-state index contributed by atoms with van der Waals surface area (Å²) in [4.78, 5) is 53.1. The van der Waals surface area contributed by atoms with Crippen LogP contribution in [0.3, 0.4) is 0 Å². The van der Waals surface area contributed by atoms with Gasteiger partial charge in [-0.15, -0.1) is 0 Å². The molecule has 0 radical (unpaired) electrons. The van der Waals surface area contributed by atoms with Gasteiger partial charge >= 0.3 is 11.9 Å². The summed E-state index contributed by atoms with van der Waals surface area (Å²) in [7, 11) is 0. The van der Waals surface area contributed by atoms with Crippen molar-refractivity contribution in [2.75, 3.05) is 11.9 Å². The second-order valence-corrected chi connectivity index (χ2v) is 7.67. The van der Waals surface area contributed by atoms with E-state index in [1.165, 1.54) is 6.92 Å². The number of aromatic amines is 1. The molecule has 8 nitrogen and oxygen atoms in total. The van der Waals surface area contributed by atoms with Crippen molar-refractivity contribution in [1.29, 1.82) is 0 Å². The Morgan fingerprint density at radius 1 is 0.971 bits per heavy atom. The van der Waals surface area contributed by atoms with Crippen molar-refractivity contribution in [1.82, 2.24) is 4.98 Å². The number of hydrogen-bond acceptors (Lipinski definition) is 6. The summed E-state index contributed by atoms with van der Waals surface area (Å²) >= 11 is 0. The van der Waals surface area contributed by atoms with Crippen LogP contribution < -0.4 is 5.32 Å². The van der Waals surface area contributed by atoms with E-state index in [1.54, 1.807) is 75.4 Å². The van der Waals surface area contributed by atoms with E-state index in [0.29, 0.717) is 28.1 Å². The molecule has 1 amide bonds. The molecule has 3 rings (SSSR count). The van der Waals surface area contributed by atoms with Gasteiger partial charge in [-0.05, 0) is 45.4 Å². The topological polar surface area (TPSA) is 115 Å². The van der Waals surface area contributed by atoms with Crippen molar-refractivity contribution in [3.8, 4) is 0 Å². The Labute approximate surface area is 197 Å². The SMILES string of the molecule is CCOC(=O)c1[nH]c(C)c(C(=O)OC(C(=O)Nc2cccc(C(C)=O)c2)c2ccccc2)c1C. The first-order chi connectivity index (χ1) is 16.2.